The molecule has 0 heterocycles. The summed E-state index contributed by atoms with van der Waals surface area (Å²) in [7, 11) is -3.01. The number of methoxy groups -OCH3 is 1. The zero-order chi connectivity index (χ0) is 20.0. The lowest BCUT2D eigenvalue weighted by molar-refractivity contribution is -0.138. The van der Waals surface area contributed by atoms with Crippen molar-refractivity contribution in [1.82, 2.24) is 0 Å². The fourth-order valence-corrected chi connectivity index (χ4v) is 4.30. The van der Waals surface area contributed by atoms with E-state index in [1.165, 1.54) is 37.4 Å². The number of carbonyl (C=O) groups is 1. The number of halogens is 2. The highest BCUT2D eigenvalue weighted by Crippen LogP contribution is 2.31. The quantitative estimate of drug-likeness (QED) is 0.469. The first-order chi connectivity index (χ1) is 12.8. The third-order valence-electron chi connectivity index (χ3n) is 3.45. The molecule has 0 aliphatic rings. The van der Waals surface area contributed by atoms with E-state index >= 15 is 0 Å². The van der Waals surface area contributed by atoms with Crippen molar-refractivity contribution in [3.05, 3.63) is 65.2 Å². The van der Waals surface area contributed by atoms with Gasteiger partial charge in [0.2, 0.25) is 0 Å². The molecular weight excluding hydrogens is 413 g/mol. The van der Waals surface area contributed by atoms with Gasteiger partial charge in [-0.2, -0.15) is 0 Å². The van der Waals surface area contributed by atoms with Crippen LogP contribution < -0.4 is 9.04 Å². The maximum absolute atomic E-state index is 13.1. The minimum atomic E-state index is -4.18. The Bertz CT molecular complexity index is 929. The first kappa shape index (κ1) is 21.1. The van der Waals surface area contributed by atoms with E-state index in [9.17, 15) is 13.2 Å². The molecule has 0 aromatic heterocycles. The van der Waals surface area contributed by atoms with Crippen LogP contribution in [-0.2, 0) is 19.6 Å². The van der Waals surface area contributed by atoms with Gasteiger partial charge in [0.1, 0.15) is 23.8 Å². The van der Waals surface area contributed by atoms with Gasteiger partial charge in [-0.15, -0.1) is 0 Å². The first-order valence-electron chi connectivity index (χ1n) is 7.68. The van der Waals surface area contributed by atoms with Crippen LogP contribution in [0.4, 0.5) is 5.69 Å². The van der Waals surface area contributed by atoms with Crippen LogP contribution in [0.2, 0.25) is 10.0 Å². The zero-order valence-corrected chi connectivity index (χ0v) is 16.7. The number of esters is 1. The van der Waals surface area contributed by atoms with Gasteiger partial charge >= 0.3 is 5.97 Å². The lowest BCUT2D eigenvalue weighted by Gasteiger charge is -2.24. The van der Waals surface area contributed by atoms with Crippen LogP contribution in [0.1, 0.15) is 0 Å². The number of carbonyl (C=O) groups excluding carboxylic acids is 1. The lowest BCUT2D eigenvalue weighted by atomic mass is 10.3. The summed E-state index contributed by atoms with van der Waals surface area (Å²) in [6, 6.07) is 10.3. The monoisotopic (exact) mass is 429 g/mol. The molecule has 9 heteroatoms. The van der Waals surface area contributed by atoms with Crippen LogP contribution in [0.25, 0.3) is 0 Å². The molecule has 0 aliphatic heterocycles. The normalized spacial score (nSPS) is 10.9. The van der Waals surface area contributed by atoms with Crippen molar-refractivity contribution in [3.63, 3.8) is 0 Å². The van der Waals surface area contributed by atoms with Crippen LogP contribution in [-0.4, -0.2) is 34.6 Å². The molecular formula is C18H17Cl2NO5S. The summed E-state index contributed by atoms with van der Waals surface area (Å²) < 4.78 is 37.2. The van der Waals surface area contributed by atoms with Gasteiger partial charge in [0.15, 0.2) is 0 Å². The number of hydrogen-bond donors (Lipinski definition) is 0. The van der Waals surface area contributed by atoms with Gasteiger partial charge in [-0.05, 0) is 42.5 Å². The summed E-state index contributed by atoms with van der Waals surface area (Å²) in [4.78, 5) is 11.6. The number of sulfonamides is 1. The molecule has 0 saturated heterocycles. The van der Waals surface area contributed by atoms with Crippen LogP contribution >= 0.6 is 23.2 Å². The van der Waals surface area contributed by atoms with E-state index in [4.69, 9.17) is 27.9 Å². The van der Waals surface area contributed by atoms with Crippen molar-refractivity contribution >= 4 is 44.9 Å². The van der Waals surface area contributed by atoms with Gasteiger partial charge in [-0.1, -0.05) is 35.9 Å². The summed E-state index contributed by atoms with van der Waals surface area (Å²) in [5.74, 6) is -0.210. The maximum Gasteiger partial charge on any atom is 0.326 e. The minimum absolute atomic E-state index is 0.0137. The Balaban J connectivity index is 2.49. The number of hydrogen-bond acceptors (Lipinski definition) is 5. The van der Waals surface area contributed by atoms with Crippen molar-refractivity contribution in [3.8, 4) is 5.75 Å². The minimum Gasteiger partial charge on any atom is -0.490 e. The van der Waals surface area contributed by atoms with Gasteiger partial charge in [0.05, 0.1) is 17.8 Å². The number of rotatable bonds is 8. The fourth-order valence-electron chi connectivity index (χ4n) is 2.15. The highest BCUT2D eigenvalue weighted by Gasteiger charge is 2.29. The first-order valence-corrected chi connectivity index (χ1v) is 9.87. The molecule has 2 aromatic rings. The van der Waals surface area contributed by atoms with E-state index in [-0.39, 0.29) is 20.6 Å². The second-order valence-electron chi connectivity index (χ2n) is 5.26. The SMILES string of the molecule is C=CCOc1ccc(N(CC(=O)OC)S(=O)(=O)c2cc(Cl)ccc2Cl)cc1. The summed E-state index contributed by atoms with van der Waals surface area (Å²) in [5.41, 5.74) is 0.238. The van der Waals surface area contributed by atoms with Gasteiger partial charge < -0.3 is 9.47 Å². The van der Waals surface area contributed by atoms with Crippen molar-refractivity contribution in [1.29, 1.82) is 0 Å². The molecule has 6 nitrogen and oxygen atoms in total. The summed E-state index contributed by atoms with van der Waals surface area (Å²) in [6.45, 7) is 3.33. The van der Waals surface area contributed by atoms with E-state index in [0.717, 1.165) is 4.31 Å². The molecule has 0 atom stereocenters. The van der Waals surface area contributed by atoms with E-state index in [1.807, 2.05) is 0 Å². The molecule has 144 valence electrons. The standard InChI is InChI=1S/C18H17Cl2NO5S/c1-3-10-26-15-7-5-14(6-8-15)21(12-18(22)25-2)27(23,24)17-11-13(19)4-9-16(17)20/h3-9,11H,1,10,12H2,2H3. The summed E-state index contributed by atoms with van der Waals surface area (Å²) in [6.07, 6.45) is 1.59. The van der Waals surface area contributed by atoms with Crippen LogP contribution in [0.3, 0.4) is 0 Å². The molecule has 0 unspecified atom stereocenters. The van der Waals surface area contributed by atoms with Crippen LogP contribution in [0, 0.1) is 0 Å². The highest BCUT2D eigenvalue weighted by atomic mass is 35.5. The average Bonchev–Trinajstić information content (AvgIpc) is 2.66. The molecule has 27 heavy (non-hydrogen) atoms. The zero-order valence-electron chi connectivity index (χ0n) is 14.4. The second kappa shape index (κ2) is 9.12. The largest absolute Gasteiger partial charge is 0.490 e. The Kier molecular flexibility index (Phi) is 7.12. The van der Waals surface area contributed by atoms with Crippen molar-refractivity contribution in [2.45, 2.75) is 4.90 Å². The van der Waals surface area contributed by atoms with Gasteiger partial charge in [-0.25, -0.2) is 8.42 Å². The highest BCUT2D eigenvalue weighted by molar-refractivity contribution is 7.93. The van der Waals surface area contributed by atoms with E-state index < -0.39 is 22.5 Å². The lowest BCUT2D eigenvalue weighted by Crippen LogP contribution is -2.36. The number of anilines is 1. The third kappa shape index (κ3) is 5.15. The maximum atomic E-state index is 13.1. The predicted octanol–water partition coefficient (Wildman–Crippen LogP) is 3.93. The number of benzene rings is 2. The van der Waals surface area contributed by atoms with Gasteiger partial charge in [0.25, 0.3) is 10.0 Å². The molecule has 0 radical (unpaired) electrons. The summed E-state index contributed by atoms with van der Waals surface area (Å²) in [5, 5.41) is 0.185. The van der Waals surface area contributed by atoms with E-state index in [2.05, 4.69) is 11.3 Å². The van der Waals surface area contributed by atoms with Crippen molar-refractivity contribution in [2.24, 2.45) is 0 Å². The second-order valence-corrected chi connectivity index (χ2v) is 7.93. The van der Waals surface area contributed by atoms with E-state index in [0.29, 0.717) is 12.4 Å². The Morgan fingerprint density at radius 3 is 2.44 bits per heavy atom. The molecule has 2 aromatic carbocycles. The molecule has 0 aliphatic carbocycles. The molecule has 0 N–H and O–H groups in total. The van der Waals surface area contributed by atoms with E-state index in [1.54, 1.807) is 18.2 Å². The fraction of sp³-hybridized carbons (Fsp3) is 0.167. The smallest absolute Gasteiger partial charge is 0.326 e. The average molecular weight is 430 g/mol. The van der Waals surface area contributed by atoms with Crippen LogP contribution in [0.15, 0.2) is 60.0 Å². The van der Waals surface area contributed by atoms with Gasteiger partial charge in [0, 0.05) is 5.02 Å². The molecule has 0 bridgehead atoms. The molecule has 2 rings (SSSR count). The molecule has 0 amide bonds. The Hall–Kier alpha value is -2.22. The van der Waals surface area contributed by atoms with Crippen LogP contribution in [0.5, 0.6) is 5.75 Å². The topological polar surface area (TPSA) is 72.9 Å². The Morgan fingerprint density at radius 2 is 1.85 bits per heavy atom. The number of ether oxygens (including phenoxy) is 2. The predicted molar refractivity (Wildman–Crippen MR) is 105 cm³/mol. The number of nitrogens with zero attached hydrogens (tertiary/aromatic N) is 1. The van der Waals surface area contributed by atoms with Crippen molar-refractivity contribution < 1.29 is 22.7 Å². The third-order valence-corrected chi connectivity index (χ3v) is 5.94. The van der Waals surface area contributed by atoms with Crippen molar-refractivity contribution in [2.75, 3.05) is 24.6 Å². The molecule has 0 spiro atoms. The molecule has 0 fully saturated rings. The molecule has 0 saturated carbocycles. The summed E-state index contributed by atoms with van der Waals surface area (Å²) >= 11 is 12.0. The Morgan fingerprint density at radius 1 is 1.19 bits per heavy atom. The van der Waals surface area contributed by atoms with Gasteiger partial charge in [-0.3, -0.25) is 9.10 Å². The Labute approximate surface area is 168 Å².